The van der Waals surface area contributed by atoms with E-state index < -0.39 is 5.41 Å². The van der Waals surface area contributed by atoms with E-state index in [0.29, 0.717) is 0 Å². The van der Waals surface area contributed by atoms with Gasteiger partial charge in [-0.15, -0.1) is 0 Å². The average molecular weight is 535 g/mol. The van der Waals surface area contributed by atoms with Crippen molar-refractivity contribution in [2.75, 3.05) is 0 Å². The molecule has 0 fully saturated rings. The predicted octanol–water partition coefficient (Wildman–Crippen LogP) is 7.79. The number of non-ortho nitro benzene ring substituents is 1. The number of nitro benzene ring substituents is 1. The van der Waals surface area contributed by atoms with Crippen LogP contribution in [-0.2, 0) is 5.41 Å². The summed E-state index contributed by atoms with van der Waals surface area (Å²) in [4.78, 5) is 10.9. The van der Waals surface area contributed by atoms with Gasteiger partial charge in [0.2, 0.25) is 0 Å². The van der Waals surface area contributed by atoms with E-state index in [1.165, 1.54) is 16.7 Å². The topological polar surface area (TPSA) is 43.1 Å². The lowest BCUT2D eigenvalue weighted by Crippen LogP contribution is -2.28. The number of nitrogens with zero attached hydrogens (tertiary/aromatic N) is 1. The van der Waals surface area contributed by atoms with Gasteiger partial charge in [0.1, 0.15) is 0 Å². The number of fused-ring (bicyclic) bond motifs is 3. The molecule has 0 aromatic heterocycles. The zero-order valence-corrected chi connectivity index (χ0v) is 19.8. The first-order chi connectivity index (χ1) is 14.9. The lowest BCUT2D eigenvalue weighted by atomic mass is 9.67. The van der Waals surface area contributed by atoms with Gasteiger partial charge in [0.15, 0.2) is 0 Å². The second-order valence-electron chi connectivity index (χ2n) is 7.80. The summed E-state index contributed by atoms with van der Waals surface area (Å²) in [6.45, 7) is 2.08. The fourth-order valence-electron chi connectivity index (χ4n) is 4.69. The quantitative estimate of drug-likeness (QED) is 0.175. The van der Waals surface area contributed by atoms with Gasteiger partial charge in [-0.05, 0) is 64.6 Å². The van der Waals surface area contributed by atoms with Crippen LogP contribution in [-0.4, -0.2) is 4.92 Å². The van der Waals surface area contributed by atoms with Gasteiger partial charge in [0.05, 0.1) is 10.3 Å². The Balaban J connectivity index is 1.93. The molecule has 0 bridgehead atoms. The highest BCUT2D eigenvalue weighted by molar-refractivity contribution is 9.10. The molecule has 0 heterocycles. The van der Waals surface area contributed by atoms with E-state index in [4.69, 9.17) is 0 Å². The molecule has 4 aromatic rings. The molecule has 31 heavy (non-hydrogen) atoms. The van der Waals surface area contributed by atoms with Crippen molar-refractivity contribution >= 4 is 37.5 Å². The number of benzene rings is 4. The van der Waals surface area contributed by atoms with Crippen LogP contribution in [0.15, 0.2) is 93.9 Å². The molecule has 0 saturated heterocycles. The summed E-state index contributed by atoms with van der Waals surface area (Å²) in [6, 6.07) is 28.3. The van der Waals surface area contributed by atoms with E-state index >= 15 is 0 Å². The number of aryl methyl sites for hydroxylation is 1. The SMILES string of the molecule is Cc1ccc(C2(c3ccc([N+](=O)[O-])cc3)c3cc(Br)ccc3-c3ccc(Br)cc32)cc1. The number of halogens is 2. The molecule has 0 amide bonds. The van der Waals surface area contributed by atoms with E-state index in [1.54, 1.807) is 12.1 Å². The van der Waals surface area contributed by atoms with Crippen molar-refractivity contribution in [3.63, 3.8) is 0 Å². The van der Waals surface area contributed by atoms with Gasteiger partial charge < -0.3 is 0 Å². The zero-order chi connectivity index (χ0) is 21.8. The molecule has 0 atom stereocenters. The fourth-order valence-corrected chi connectivity index (χ4v) is 5.42. The maximum atomic E-state index is 11.3. The Labute approximate surface area is 197 Å². The van der Waals surface area contributed by atoms with Crippen LogP contribution >= 0.6 is 31.9 Å². The third kappa shape index (κ3) is 3.07. The molecule has 0 spiro atoms. The fraction of sp³-hybridized carbons (Fsp3) is 0.0769. The summed E-state index contributed by atoms with van der Waals surface area (Å²) >= 11 is 7.33. The standard InChI is InChI=1S/C26H17Br2NO2/c1-16-2-4-17(5-3-16)26(18-6-10-21(11-7-18)29(30)31)24-14-19(27)8-12-22(24)23-13-9-20(28)15-25(23)26/h2-15H,1H3. The molecular weight excluding hydrogens is 518 g/mol. The first kappa shape index (κ1) is 20.2. The Kier molecular flexibility index (Phi) is 4.83. The number of rotatable bonds is 3. The van der Waals surface area contributed by atoms with Crippen LogP contribution in [0.25, 0.3) is 11.1 Å². The lowest BCUT2D eigenvalue weighted by molar-refractivity contribution is -0.384. The maximum absolute atomic E-state index is 11.3. The van der Waals surface area contributed by atoms with E-state index in [0.717, 1.165) is 31.2 Å². The summed E-state index contributed by atoms with van der Waals surface area (Å²) in [6.07, 6.45) is 0. The molecule has 1 aliphatic rings. The summed E-state index contributed by atoms with van der Waals surface area (Å²) < 4.78 is 1.99. The molecule has 5 heteroatoms. The monoisotopic (exact) mass is 533 g/mol. The molecule has 152 valence electrons. The summed E-state index contributed by atoms with van der Waals surface area (Å²) in [7, 11) is 0. The largest absolute Gasteiger partial charge is 0.269 e. The highest BCUT2D eigenvalue weighted by Crippen LogP contribution is 2.57. The molecular formula is C26H17Br2NO2. The van der Waals surface area contributed by atoms with Crippen LogP contribution in [0.1, 0.15) is 27.8 Å². The lowest BCUT2D eigenvalue weighted by Gasteiger charge is -2.34. The van der Waals surface area contributed by atoms with Crippen LogP contribution in [0.3, 0.4) is 0 Å². The third-order valence-electron chi connectivity index (χ3n) is 6.06. The second kappa shape index (κ2) is 7.43. The minimum Gasteiger partial charge on any atom is -0.258 e. The van der Waals surface area contributed by atoms with Crippen molar-refractivity contribution in [2.24, 2.45) is 0 Å². The van der Waals surface area contributed by atoms with Crippen LogP contribution in [0.4, 0.5) is 5.69 Å². The van der Waals surface area contributed by atoms with E-state index in [9.17, 15) is 10.1 Å². The van der Waals surface area contributed by atoms with Crippen molar-refractivity contribution in [3.05, 3.63) is 132 Å². The van der Waals surface area contributed by atoms with Crippen molar-refractivity contribution in [1.29, 1.82) is 0 Å². The van der Waals surface area contributed by atoms with Gasteiger partial charge in [-0.25, -0.2) is 0 Å². The van der Waals surface area contributed by atoms with Crippen LogP contribution in [0.2, 0.25) is 0 Å². The predicted molar refractivity (Wildman–Crippen MR) is 131 cm³/mol. The minimum atomic E-state index is -0.582. The molecule has 0 aliphatic heterocycles. The summed E-state index contributed by atoms with van der Waals surface area (Å²) in [5.74, 6) is 0. The minimum absolute atomic E-state index is 0.0877. The number of hydrogen-bond donors (Lipinski definition) is 0. The Morgan fingerprint density at radius 2 is 1.16 bits per heavy atom. The highest BCUT2D eigenvalue weighted by atomic mass is 79.9. The molecule has 0 N–H and O–H groups in total. The average Bonchev–Trinajstić information content (AvgIpc) is 3.04. The molecule has 4 aromatic carbocycles. The van der Waals surface area contributed by atoms with Gasteiger partial charge in [0, 0.05) is 21.1 Å². The Bertz CT molecular complexity index is 1280. The summed E-state index contributed by atoms with van der Waals surface area (Å²) in [5, 5.41) is 11.3. The maximum Gasteiger partial charge on any atom is 0.269 e. The number of hydrogen-bond acceptors (Lipinski definition) is 2. The van der Waals surface area contributed by atoms with Crippen molar-refractivity contribution in [3.8, 4) is 11.1 Å². The van der Waals surface area contributed by atoms with Gasteiger partial charge >= 0.3 is 0 Å². The van der Waals surface area contributed by atoms with Gasteiger partial charge in [-0.3, -0.25) is 10.1 Å². The second-order valence-corrected chi connectivity index (χ2v) is 9.63. The van der Waals surface area contributed by atoms with Crippen LogP contribution in [0.5, 0.6) is 0 Å². The summed E-state index contributed by atoms with van der Waals surface area (Å²) in [5.41, 5.74) is 7.48. The molecule has 1 aliphatic carbocycles. The number of nitro groups is 1. The van der Waals surface area contributed by atoms with Crippen molar-refractivity contribution in [2.45, 2.75) is 12.3 Å². The van der Waals surface area contributed by atoms with E-state index in [1.807, 2.05) is 12.1 Å². The normalized spacial score (nSPS) is 13.5. The molecule has 0 radical (unpaired) electrons. The third-order valence-corrected chi connectivity index (χ3v) is 7.04. The van der Waals surface area contributed by atoms with Gasteiger partial charge in [-0.1, -0.05) is 86.0 Å². The Hall–Kier alpha value is -2.76. The van der Waals surface area contributed by atoms with Crippen LogP contribution < -0.4 is 0 Å². The van der Waals surface area contributed by atoms with Gasteiger partial charge in [0.25, 0.3) is 5.69 Å². The molecule has 3 nitrogen and oxygen atoms in total. The smallest absolute Gasteiger partial charge is 0.258 e. The Morgan fingerprint density at radius 1 is 0.710 bits per heavy atom. The molecule has 0 unspecified atom stereocenters. The van der Waals surface area contributed by atoms with Gasteiger partial charge in [-0.2, -0.15) is 0 Å². The highest BCUT2D eigenvalue weighted by Gasteiger charge is 2.46. The van der Waals surface area contributed by atoms with E-state index in [-0.39, 0.29) is 10.6 Å². The van der Waals surface area contributed by atoms with E-state index in [2.05, 4.69) is 99.4 Å². The zero-order valence-electron chi connectivity index (χ0n) is 16.6. The van der Waals surface area contributed by atoms with Crippen molar-refractivity contribution < 1.29 is 4.92 Å². The van der Waals surface area contributed by atoms with Crippen LogP contribution in [0, 0.1) is 17.0 Å². The molecule has 0 saturated carbocycles. The first-order valence-electron chi connectivity index (χ1n) is 9.84. The Morgan fingerprint density at radius 3 is 1.61 bits per heavy atom. The molecule has 5 rings (SSSR count). The first-order valence-corrected chi connectivity index (χ1v) is 11.4. The van der Waals surface area contributed by atoms with Crippen molar-refractivity contribution in [1.82, 2.24) is 0 Å².